The quantitative estimate of drug-likeness (QED) is 0.505. The minimum Gasteiger partial charge on any atom is -0.370 e. The number of benzene rings is 1. The number of rotatable bonds is 2. The molecule has 5 heteroatoms. The van der Waals surface area contributed by atoms with Crippen molar-refractivity contribution in [3.8, 4) is 0 Å². The third kappa shape index (κ3) is 2.88. The number of halogens is 2. The van der Waals surface area contributed by atoms with Crippen LogP contribution in [0.5, 0.6) is 0 Å². The lowest BCUT2D eigenvalue weighted by Crippen LogP contribution is -2.31. The van der Waals surface area contributed by atoms with Crippen molar-refractivity contribution in [1.82, 2.24) is 4.90 Å². The molecule has 0 amide bonds. The summed E-state index contributed by atoms with van der Waals surface area (Å²) in [5, 5.41) is 0. The molecule has 0 heterocycles. The lowest BCUT2D eigenvalue weighted by Gasteiger charge is -2.11. The van der Waals surface area contributed by atoms with E-state index in [0.717, 1.165) is 0 Å². The van der Waals surface area contributed by atoms with Crippen molar-refractivity contribution >= 4 is 29.9 Å². The van der Waals surface area contributed by atoms with Gasteiger partial charge in [-0.3, -0.25) is 0 Å². The molecule has 0 radical (unpaired) electrons. The number of aliphatic imine (C=N–C) groups is 1. The van der Waals surface area contributed by atoms with Gasteiger partial charge < -0.3 is 10.6 Å². The van der Waals surface area contributed by atoms with Crippen LogP contribution in [0.25, 0.3) is 0 Å². The highest BCUT2D eigenvalue weighted by Crippen LogP contribution is 2.51. The van der Waals surface area contributed by atoms with Crippen LogP contribution in [0.3, 0.4) is 0 Å². The average Bonchev–Trinajstić information content (AvgIpc) is 2.92. The number of guanidine groups is 1. The molecule has 1 aromatic carbocycles. The standard InChI is InChI=1S/C12H16FN3.HI/c1-16(2)11(14)15-10-8-12(10,13)9-6-4-3-5-7-9;/h3-7,10H,8H2,1-2H3,(H2,14,15);1H. The fraction of sp³-hybridized carbons (Fsp3) is 0.417. The van der Waals surface area contributed by atoms with E-state index in [1.807, 2.05) is 18.2 Å². The van der Waals surface area contributed by atoms with Crippen LogP contribution in [-0.4, -0.2) is 31.0 Å². The van der Waals surface area contributed by atoms with E-state index in [4.69, 9.17) is 5.73 Å². The number of nitrogens with two attached hydrogens (primary N) is 1. The van der Waals surface area contributed by atoms with Crippen LogP contribution in [0.15, 0.2) is 35.3 Å². The minimum absolute atomic E-state index is 0. The van der Waals surface area contributed by atoms with Gasteiger partial charge in [0.15, 0.2) is 11.6 Å². The Morgan fingerprint density at radius 1 is 1.41 bits per heavy atom. The topological polar surface area (TPSA) is 41.6 Å². The smallest absolute Gasteiger partial charge is 0.191 e. The number of hydrogen-bond donors (Lipinski definition) is 1. The summed E-state index contributed by atoms with van der Waals surface area (Å²) in [5.74, 6) is 0.375. The Balaban J connectivity index is 0.00000144. The fourth-order valence-corrected chi connectivity index (χ4v) is 1.67. The molecule has 0 aromatic heterocycles. The van der Waals surface area contributed by atoms with E-state index in [1.165, 1.54) is 0 Å². The first-order chi connectivity index (χ1) is 7.54. The lowest BCUT2D eigenvalue weighted by atomic mass is 10.1. The van der Waals surface area contributed by atoms with Crippen molar-refractivity contribution in [2.75, 3.05) is 14.1 Å². The first kappa shape index (κ1) is 14.2. The van der Waals surface area contributed by atoms with E-state index in [2.05, 4.69) is 4.99 Å². The van der Waals surface area contributed by atoms with E-state index < -0.39 is 5.67 Å². The lowest BCUT2D eigenvalue weighted by molar-refractivity contribution is 0.306. The summed E-state index contributed by atoms with van der Waals surface area (Å²) in [7, 11) is 3.59. The molecule has 0 aliphatic heterocycles. The van der Waals surface area contributed by atoms with Gasteiger partial charge in [-0.15, -0.1) is 24.0 Å². The van der Waals surface area contributed by atoms with Gasteiger partial charge in [0.1, 0.15) is 0 Å². The van der Waals surface area contributed by atoms with Gasteiger partial charge in [-0.2, -0.15) is 0 Å². The molecular formula is C12H17FIN3. The summed E-state index contributed by atoms with van der Waals surface area (Å²) >= 11 is 0. The van der Waals surface area contributed by atoms with Crippen molar-refractivity contribution < 1.29 is 4.39 Å². The van der Waals surface area contributed by atoms with Crippen molar-refractivity contribution in [2.24, 2.45) is 10.7 Å². The van der Waals surface area contributed by atoms with E-state index in [9.17, 15) is 4.39 Å². The van der Waals surface area contributed by atoms with Gasteiger partial charge in [-0.1, -0.05) is 30.3 Å². The molecule has 2 rings (SSSR count). The molecule has 17 heavy (non-hydrogen) atoms. The van der Waals surface area contributed by atoms with Crippen LogP contribution in [0, 0.1) is 0 Å². The molecule has 1 aromatic rings. The maximum absolute atomic E-state index is 14.3. The first-order valence-electron chi connectivity index (χ1n) is 5.29. The Bertz CT molecular complexity index is 407. The Morgan fingerprint density at radius 3 is 2.53 bits per heavy atom. The summed E-state index contributed by atoms with van der Waals surface area (Å²) in [4.78, 5) is 5.85. The summed E-state index contributed by atoms with van der Waals surface area (Å²) in [6.07, 6.45) is 0.422. The molecule has 2 unspecified atom stereocenters. The summed E-state index contributed by atoms with van der Waals surface area (Å²) in [6, 6.07) is 8.80. The van der Waals surface area contributed by atoms with Gasteiger partial charge >= 0.3 is 0 Å². The highest BCUT2D eigenvalue weighted by atomic mass is 127. The van der Waals surface area contributed by atoms with Crippen molar-refractivity contribution in [3.05, 3.63) is 35.9 Å². The Morgan fingerprint density at radius 2 is 2.00 bits per heavy atom. The minimum atomic E-state index is -1.32. The molecule has 2 atom stereocenters. The van der Waals surface area contributed by atoms with Gasteiger partial charge in [0, 0.05) is 20.5 Å². The molecule has 0 saturated heterocycles. The summed E-state index contributed by atoms with van der Waals surface area (Å²) < 4.78 is 14.3. The monoisotopic (exact) mass is 349 g/mol. The second-order valence-electron chi connectivity index (χ2n) is 4.33. The van der Waals surface area contributed by atoms with Crippen LogP contribution in [0.4, 0.5) is 4.39 Å². The first-order valence-corrected chi connectivity index (χ1v) is 5.29. The third-order valence-corrected chi connectivity index (χ3v) is 2.86. The largest absolute Gasteiger partial charge is 0.370 e. The Labute approximate surface area is 118 Å². The van der Waals surface area contributed by atoms with E-state index in [-0.39, 0.29) is 30.0 Å². The van der Waals surface area contributed by atoms with Gasteiger partial charge in [-0.05, 0) is 5.56 Å². The maximum atomic E-state index is 14.3. The number of nitrogens with zero attached hydrogens (tertiary/aromatic N) is 2. The zero-order valence-electron chi connectivity index (χ0n) is 9.93. The van der Waals surface area contributed by atoms with Crippen molar-refractivity contribution in [2.45, 2.75) is 18.1 Å². The van der Waals surface area contributed by atoms with E-state index >= 15 is 0 Å². The van der Waals surface area contributed by atoms with Gasteiger partial charge in [0.25, 0.3) is 0 Å². The molecule has 1 fully saturated rings. The SMILES string of the molecule is CN(C)C(N)=NC1CC1(F)c1ccccc1.I. The number of alkyl halides is 1. The molecular weight excluding hydrogens is 332 g/mol. The Kier molecular flexibility index (Phi) is 4.35. The molecule has 3 nitrogen and oxygen atoms in total. The molecule has 1 saturated carbocycles. The molecule has 0 bridgehead atoms. The maximum Gasteiger partial charge on any atom is 0.191 e. The van der Waals surface area contributed by atoms with Crippen molar-refractivity contribution in [1.29, 1.82) is 0 Å². The molecule has 2 N–H and O–H groups in total. The molecule has 0 spiro atoms. The van der Waals surface area contributed by atoms with Gasteiger partial charge in [0.05, 0.1) is 6.04 Å². The predicted octanol–water partition coefficient (Wildman–Crippen LogP) is 2.12. The average molecular weight is 349 g/mol. The fourth-order valence-electron chi connectivity index (χ4n) is 1.67. The van der Waals surface area contributed by atoms with Gasteiger partial charge in [0.2, 0.25) is 0 Å². The number of hydrogen-bond acceptors (Lipinski definition) is 1. The molecule has 1 aliphatic rings. The molecule has 94 valence electrons. The Hall–Kier alpha value is -0.850. The molecule has 1 aliphatic carbocycles. The van der Waals surface area contributed by atoms with Crippen LogP contribution >= 0.6 is 24.0 Å². The van der Waals surface area contributed by atoms with Crippen molar-refractivity contribution in [3.63, 3.8) is 0 Å². The van der Waals surface area contributed by atoms with Crippen LogP contribution in [0.2, 0.25) is 0 Å². The summed E-state index contributed by atoms with van der Waals surface area (Å²) in [6.45, 7) is 0. The predicted molar refractivity (Wildman–Crippen MR) is 78.4 cm³/mol. The van der Waals surface area contributed by atoms with E-state index in [1.54, 1.807) is 31.1 Å². The zero-order chi connectivity index (χ0) is 11.8. The van der Waals surface area contributed by atoms with Crippen LogP contribution < -0.4 is 5.73 Å². The highest BCUT2D eigenvalue weighted by molar-refractivity contribution is 14.0. The third-order valence-electron chi connectivity index (χ3n) is 2.86. The second kappa shape index (κ2) is 5.20. The normalized spacial score (nSPS) is 27.2. The van der Waals surface area contributed by atoms with Gasteiger partial charge in [-0.25, -0.2) is 9.38 Å². The highest BCUT2D eigenvalue weighted by Gasteiger charge is 2.57. The van der Waals surface area contributed by atoms with E-state index in [0.29, 0.717) is 17.9 Å². The zero-order valence-corrected chi connectivity index (χ0v) is 12.3. The summed E-state index contributed by atoms with van der Waals surface area (Å²) in [5.41, 5.74) is 5.04. The van der Waals surface area contributed by atoms with Crippen LogP contribution in [-0.2, 0) is 5.67 Å². The van der Waals surface area contributed by atoms with Crippen LogP contribution in [0.1, 0.15) is 12.0 Å². The second-order valence-corrected chi connectivity index (χ2v) is 4.33.